The van der Waals surface area contributed by atoms with Crippen molar-refractivity contribution < 1.29 is 0 Å². The Morgan fingerprint density at radius 2 is 2.33 bits per heavy atom. The Kier molecular flexibility index (Phi) is 1.41. The zero-order valence-corrected chi connectivity index (χ0v) is 7.70. The van der Waals surface area contributed by atoms with Crippen LogP contribution in [0.3, 0.4) is 0 Å². The largest absolute Gasteiger partial charge is 0.314 e. The number of hydrogen-bond acceptors (Lipinski definition) is 3. The molecule has 4 nitrogen and oxygen atoms in total. The summed E-state index contributed by atoms with van der Waals surface area (Å²) in [6.45, 7) is 5.31. The van der Waals surface area contributed by atoms with Crippen molar-refractivity contribution in [3.8, 4) is 0 Å². The van der Waals surface area contributed by atoms with Gasteiger partial charge in [-0.05, 0) is 13.8 Å². The van der Waals surface area contributed by atoms with E-state index in [1.54, 1.807) is 0 Å². The second-order valence-corrected chi connectivity index (χ2v) is 3.91. The Bertz CT molecular complexity index is 289. The van der Waals surface area contributed by atoms with Gasteiger partial charge in [-0.3, -0.25) is 5.01 Å². The van der Waals surface area contributed by atoms with Gasteiger partial charge in [0.25, 0.3) is 0 Å². The molecule has 1 aliphatic heterocycles. The van der Waals surface area contributed by atoms with Crippen molar-refractivity contribution >= 4 is 5.95 Å². The number of nitrogens with one attached hydrogen (secondary N) is 1. The third-order valence-corrected chi connectivity index (χ3v) is 2.03. The number of imidazole rings is 1. The van der Waals surface area contributed by atoms with Crippen molar-refractivity contribution in [1.29, 1.82) is 0 Å². The number of aromatic nitrogens is 2. The predicted octanol–water partition coefficient (Wildman–Crippen LogP) is 0.616. The molecule has 0 radical (unpaired) electrons. The number of hydrogen-bond donors (Lipinski definition) is 1. The van der Waals surface area contributed by atoms with Gasteiger partial charge in [0.2, 0.25) is 5.95 Å². The number of fused-ring (bicyclic) bond motifs is 1. The average Bonchev–Trinajstić information content (AvgIpc) is 2.31. The summed E-state index contributed by atoms with van der Waals surface area (Å²) in [5, 5.41) is 1.96. The zero-order valence-electron chi connectivity index (χ0n) is 7.70. The maximum atomic E-state index is 4.23. The molecule has 0 aliphatic carbocycles. The molecule has 0 spiro atoms. The minimum absolute atomic E-state index is 0.114. The first-order valence-electron chi connectivity index (χ1n) is 4.11. The maximum absolute atomic E-state index is 4.23. The lowest BCUT2D eigenvalue weighted by molar-refractivity contribution is 0.300. The van der Waals surface area contributed by atoms with Gasteiger partial charge in [0.1, 0.15) is 0 Å². The molecular weight excluding hydrogens is 152 g/mol. The van der Waals surface area contributed by atoms with Crippen molar-refractivity contribution in [2.24, 2.45) is 0 Å². The lowest BCUT2D eigenvalue weighted by Crippen LogP contribution is -2.56. The summed E-state index contributed by atoms with van der Waals surface area (Å²) in [6, 6.07) is 0. The van der Waals surface area contributed by atoms with E-state index in [0.717, 1.165) is 12.5 Å². The molecule has 2 rings (SSSR count). The first-order valence-corrected chi connectivity index (χ1v) is 4.11. The molecule has 0 fully saturated rings. The van der Waals surface area contributed by atoms with Gasteiger partial charge in [-0.2, -0.15) is 0 Å². The standard InChI is InChI=1S/C8H14N4/c1-8(2)6-12-5-4-9-7(12)11(3)10-8/h4-5,10H,6H2,1-3H3. The Hall–Kier alpha value is -1.03. The van der Waals surface area contributed by atoms with E-state index in [0.29, 0.717) is 0 Å². The molecule has 66 valence electrons. The summed E-state index contributed by atoms with van der Waals surface area (Å²) >= 11 is 0. The molecule has 4 heteroatoms. The second-order valence-electron chi connectivity index (χ2n) is 3.91. The van der Waals surface area contributed by atoms with Gasteiger partial charge in [-0.25, -0.2) is 10.4 Å². The van der Waals surface area contributed by atoms with E-state index in [2.05, 4.69) is 28.8 Å². The zero-order chi connectivity index (χ0) is 8.77. The first-order chi connectivity index (χ1) is 5.58. The van der Waals surface area contributed by atoms with E-state index in [-0.39, 0.29) is 5.54 Å². The van der Waals surface area contributed by atoms with Crippen LogP contribution in [0.2, 0.25) is 0 Å². The molecule has 1 aromatic heterocycles. The third kappa shape index (κ3) is 1.08. The number of nitrogens with zero attached hydrogens (tertiary/aromatic N) is 3. The number of hydrazine groups is 1. The molecule has 1 N–H and O–H groups in total. The smallest absolute Gasteiger partial charge is 0.219 e. The SMILES string of the molecule is CN1NC(C)(C)Cn2ccnc21. The molecule has 0 bridgehead atoms. The van der Waals surface area contributed by atoms with Crippen LogP contribution in [0.5, 0.6) is 0 Å². The van der Waals surface area contributed by atoms with Crippen LogP contribution in [0.4, 0.5) is 5.95 Å². The van der Waals surface area contributed by atoms with Crippen molar-refractivity contribution in [3.05, 3.63) is 12.4 Å². The van der Waals surface area contributed by atoms with Gasteiger partial charge in [-0.15, -0.1) is 0 Å². The Morgan fingerprint density at radius 1 is 1.58 bits per heavy atom. The second kappa shape index (κ2) is 2.23. The van der Waals surface area contributed by atoms with Crippen LogP contribution in [0.25, 0.3) is 0 Å². The molecular formula is C8H14N4. The Morgan fingerprint density at radius 3 is 3.08 bits per heavy atom. The van der Waals surface area contributed by atoms with Gasteiger partial charge in [0, 0.05) is 31.5 Å². The fourth-order valence-corrected chi connectivity index (χ4v) is 1.69. The third-order valence-electron chi connectivity index (χ3n) is 2.03. The van der Waals surface area contributed by atoms with E-state index in [1.165, 1.54) is 0 Å². The van der Waals surface area contributed by atoms with E-state index >= 15 is 0 Å². The van der Waals surface area contributed by atoms with Crippen molar-refractivity contribution in [3.63, 3.8) is 0 Å². The minimum Gasteiger partial charge on any atom is -0.314 e. The van der Waals surface area contributed by atoms with E-state index < -0.39 is 0 Å². The van der Waals surface area contributed by atoms with Crippen LogP contribution in [0.1, 0.15) is 13.8 Å². The van der Waals surface area contributed by atoms with E-state index in [9.17, 15) is 0 Å². The maximum Gasteiger partial charge on any atom is 0.219 e. The average molecular weight is 166 g/mol. The Labute approximate surface area is 72.2 Å². The van der Waals surface area contributed by atoms with Crippen molar-refractivity contribution in [1.82, 2.24) is 15.0 Å². The lowest BCUT2D eigenvalue weighted by Gasteiger charge is -2.38. The van der Waals surface area contributed by atoms with Gasteiger partial charge in [-0.1, -0.05) is 0 Å². The highest BCUT2D eigenvalue weighted by molar-refractivity contribution is 5.31. The number of anilines is 1. The highest BCUT2D eigenvalue weighted by atomic mass is 15.6. The fraction of sp³-hybridized carbons (Fsp3) is 0.625. The van der Waals surface area contributed by atoms with Crippen LogP contribution < -0.4 is 10.4 Å². The van der Waals surface area contributed by atoms with Crippen LogP contribution in [-0.4, -0.2) is 22.1 Å². The van der Waals surface area contributed by atoms with Crippen LogP contribution >= 0.6 is 0 Å². The molecule has 0 saturated carbocycles. The van der Waals surface area contributed by atoms with E-state index in [1.807, 2.05) is 24.5 Å². The summed E-state index contributed by atoms with van der Waals surface area (Å²) < 4.78 is 2.15. The van der Waals surface area contributed by atoms with Gasteiger partial charge < -0.3 is 4.57 Å². The summed E-state index contributed by atoms with van der Waals surface area (Å²) in [7, 11) is 1.99. The molecule has 2 heterocycles. The summed E-state index contributed by atoms with van der Waals surface area (Å²) in [5.41, 5.74) is 3.46. The highest BCUT2D eigenvalue weighted by Gasteiger charge is 2.27. The topological polar surface area (TPSA) is 33.1 Å². The van der Waals surface area contributed by atoms with Crippen molar-refractivity contribution in [2.75, 3.05) is 12.1 Å². The molecule has 0 atom stereocenters. The van der Waals surface area contributed by atoms with Gasteiger partial charge >= 0.3 is 0 Å². The van der Waals surface area contributed by atoms with Gasteiger partial charge in [0.15, 0.2) is 0 Å². The van der Waals surface area contributed by atoms with Gasteiger partial charge in [0.05, 0.1) is 0 Å². The lowest BCUT2D eigenvalue weighted by atomic mass is 10.1. The molecule has 0 aromatic carbocycles. The Balaban J connectivity index is 2.38. The molecule has 1 aromatic rings. The first kappa shape index (κ1) is 7.61. The molecule has 0 unspecified atom stereocenters. The predicted molar refractivity (Wildman–Crippen MR) is 47.8 cm³/mol. The summed E-state index contributed by atoms with van der Waals surface area (Å²) in [4.78, 5) is 4.23. The summed E-state index contributed by atoms with van der Waals surface area (Å²) in [5.74, 6) is 0.981. The van der Waals surface area contributed by atoms with Crippen LogP contribution in [0, 0.1) is 0 Å². The normalized spacial score (nSPS) is 20.8. The summed E-state index contributed by atoms with van der Waals surface area (Å²) in [6.07, 6.45) is 3.84. The monoisotopic (exact) mass is 166 g/mol. The van der Waals surface area contributed by atoms with Crippen LogP contribution in [-0.2, 0) is 6.54 Å². The molecule has 0 saturated heterocycles. The highest BCUT2D eigenvalue weighted by Crippen LogP contribution is 2.19. The fourth-order valence-electron chi connectivity index (χ4n) is 1.69. The molecule has 1 aliphatic rings. The minimum atomic E-state index is 0.114. The quantitative estimate of drug-likeness (QED) is 0.613. The number of rotatable bonds is 0. The van der Waals surface area contributed by atoms with Crippen LogP contribution in [0.15, 0.2) is 12.4 Å². The molecule has 12 heavy (non-hydrogen) atoms. The van der Waals surface area contributed by atoms with Crippen molar-refractivity contribution in [2.45, 2.75) is 25.9 Å². The molecule has 0 amide bonds. The van der Waals surface area contributed by atoms with E-state index in [4.69, 9.17) is 0 Å².